The Morgan fingerprint density at radius 1 is 1.10 bits per heavy atom. The summed E-state index contributed by atoms with van der Waals surface area (Å²) in [7, 11) is 0. The number of hydrogen-bond acceptors (Lipinski definition) is 1. The second-order valence-electron chi connectivity index (χ2n) is 7.34. The maximum absolute atomic E-state index is 3.66. The largest absolute Gasteiger partial charge is 0.314 e. The fourth-order valence-corrected chi connectivity index (χ4v) is 4.47. The van der Waals surface area contributed by atoms with Gasteiger partial charge in [0.2, 0.25) is 0 Å². The van der Waals surface area contributed by atoms with Crippen LogP contribution in [0.3, 0.4) is 0 Å². The molecule has 4 atom stereocenters. The van der Waals surface area contributed by atoms with Gasteiger partial charge in [-0.2, -0.15) is 0 Å². The highest BCUT2D eigenvalue weighted by Gasteiger charge is 2.40. The normalized spacial score (nSPS) is 30.1. The lowest BCUT2D eigenvalue weighted by Gasteiger charge is -2.28. The van der Waals surface area contributed by atoms with Crippen LogP contribution in [0.2, 0.25) is 0 Å². The summed E-state index contributed by atoms with van der Waals surface area (Å²) in [4.78, 5) is 0. The summed E-state index contributed by atoms with van der Waals surface area (Å²) in [5.74, 6) is 3.81. The van der Waals surface area contributed by atoms with Gasteiger partial charge in [0.15, 0.2) is 0 Å². The monoisotopic (exact) mass is 271 g/mol. The molecule has 0 saturated heterocycles. The highest BCUT2D eigenvalue weighted by Crippen LogP contribution is 2.51. The first-order chi connectivity index (χ1) is 9.72. The van der Waals surface area contributed by atoms with Gasteiger partial charge >= 0.3 is 0 Å². The van der Waals surface area contributed by atoms with Crippen LogP contribution < -0.4 is 5.32 Å². The molecule has 4 unspecified atom stereocenters. The molecule has 1 aromatic rings. The van der Waals surface area contributed by atoms with E-state index in [0.717, 1.165) is 24.3 Å². The Morgan fingerprint density at radius 2 is 1.90 bits per heavy atom. The quantitative estimate of drug-likeness (QED) is 0.797. The Labute approximate surface area is 124 Å². The number of rotatable bonds is 6. The summed E-state index contributed by atoms with van der Waals surface area (Å²) in [6, 6.07) is 11.7. The molecule has 1 nitrogen and oxygen atoms in total. The van der Waals surface area contributed by atoms with Crippen LogP contribution in [0.25, 0.3) is 0 Å². The van der Waals surface area contributed by atoms with E-state index < -0.39 is 0 Å². The van der Waals surface area contributed by atoms with Gasteiger partial charge in [0.1, 0.15) is 0 Å². The van der Waals surface area contributed by atoms with Gasteiger partial charge in [-0.15, -0.1) is 0 Å². The molecule has 0 spiro atoms. The SMILES string of the molecule is CC(C)NCC(CC1CC2CCC1C2)c1ccccc1. The molecule has 0 radical (unpaired) electrons. The molecule has 1 aromatic carbocycles. The summed E-state index contributed by atoms with van der Waals surface area (Å²) < 4.78 is 0. The molecule has 2 saturated carbocycles. The van der Waals surface area contributed by atoms with Crippen molar-refractivity contribution in [2.24, 2.45) is 17.8 Å². The topological polar surface area (TPSA) is 12.0 Å². The summed E-state index contributed by atoms with van der Waals surface area (Å²) >= 11 is 0. The molecule has 1 N–H and O–H groups in total. The van der Waals surface area contributed by atoms with Crippen molar-refractivity contribution in [2.75, 3.05) is 6.54 Å². The lowest BCUT2D eigenvalue weighted by atomic mass is 9.80. The van der Waals surface area contributed by atoms with Crippen molar-refractivity contribution in [1.82, 2.24) is 5.32 Å². The van der Waals surface area contributed by atoms with Crippen molar-refractivity contribution in [2.45, 2.75) is 57.9 Å². The lowest BCUT2D eigenvalue weighted by Crippen LogP contribution is -2.29. The van der Waals surface area contributed by atoms with Crippen LogP contribution >= 0.6 is 0 Å². The summed E-state index contributed by atoms with van der Waals surface area (Å²) in [5.41, 5.74) is 1.53. The predicted molar refractivity (Wildman–Crippen MR) is 85.9 cm³/mol. The van der Waals surface area contributed by atoms with Gasteiger partial charge in [-0.25, -0.2) is 0 Å². The van der Waals surface area contributed by atoms with Crippen LogP contribution in [0.1, 0.15) is 57.4 Å². The van der Waals surface area contributed by atoms with Crippen LogP contribution in [0.15, 0.2) is 30.3 Å². The Hall–Kier alpha value is -0.820. The maximum Gasteiger partial charge on any atom is 0.00226 e. The average Bonchev–Trinajstić information content (AvgIpc) is 3.06. The third-order valence-electron chi connectivity index (χ3n) is 5.52. The molecular formula is C19H29N. The second kappa shape index (κ2) is 6.30. The predicted octanol–water partition coefficient (Wildman–Crippen LogP) is 4.59. The molecule has 2 bridgehead atoms. The number of fused-ring (bicyclic) bond motifs is 2. The molecular weight excluding hydrogens is 242 g/mol. The van der Waals surface area contributed by atoms with Crippen LogP contribution in [-0.2, 0) is 0 Å². The van der Waals surface area contributed by atoms with Crippen LogP contribution in [0.5, 0.6) is 0 Å². The standard InChI is InChI=1S/C19H29N/c1-14(2)20-13-19(16-6-4-3-5-7-16)12-18-11-15-8-9-17(18)10-15/h3-7,14-15,17-20H,8-13H2,1-2H3. The molecule has 2 fully saturated rings. The van der Waals surface area contributed by atoms with Crippen LogP contribution in [-0.4, -0.2) is 12.6 Å². The van der Waals surface area contributed by atoms with Gasteiger partial charge in [0.05, 0.1) is 0 Å². The van der Waals surface area contributed by atoms with Gasteiger partial charge in [-0.05, 0) is 54.9 Å². The van der Waals surface area contributed by atoms with E-state index in [1.807, 2.05) is 0 Å². The van der Waals surface area contributed by atoms with Crippen molar-refractivity contribution < 1.29 is 0 Å². The molecule has 0 heterocycles. The van der Waals surface area contributed by atoms with E-state index >= 15 is 0 Å². The zero-order chi connectivity index (χ0) is 13.9. The Kier molecular flexibility index (Phi) is 4.45. The molecule has 0 amide bonds. The zero-order valence-electron chi connectivity index (χ0n) is 13.0. The van der Waals surface area contributed by atoms with Gasteiger partial charge in [0, 0.05) is 12.6 Å². The molecule has 110 valence electrons. The minimum absolute atomic E-state index is 0.584. The van der Waals surface area contributed by atoms with Crippen molar-refractivity contribution in [3.63, 3.8) is 0 Å². The van der Waals surface area contributed by atoms with Crippen LogP contribution in [0, 0.1) is 17.8 Å². The summed E-state index contributed by atoms with van der Waals surface area (Å²) in [5, 5.41) is 3.66. The molecule has 2 aliphatic rings. The summed E-state index contributed by atoms with van der Waals surface area (Å²) in [6.45, 7) is 5.63. The first-order valence-electron chi connectivity index (χ1n) is 8.50. The highest BCUT2D eigenvalue weighted by atomic mass is 14.9. The van der Waals surface area contributed by atoms with Gasteiger partial charge < -0.3 is 5.32 Å². The van der Waals surface area contributed by atoms with E-state index in [4.69, 9.17) is 0 Å². The van der Waals surface area contributed by atoms with E-state index in [9.17, 15) is 0 Å². The number of hydrogen-bond donors (Lipinski definition) is 1. The Morgan fingerprint density at radius 3 is 2.50 bits per heavy atom. The van der Waals surface area contributed by atoms with Crippen LogP contribution in [0.4, 0.5) is 0 Å². The number of nitrogens with one attached hydrogen (secondary N) is 1. The molecule has 2 aliphatic carbocycles. The van der Waals surface area contributed by atoms with Gasteiger partial charge in [-0.1, -0.05) is 50.6 Å². The molecule has 1 heteroatoms. The smallest absolute Gasteiger partial charge is 0.00226 e. The summed E-state index contributed by atoms with van der Waals surface area (Å²) in [6.07, 6.45) is 7.46. The highest BCUT2D eigenvalue weighted by molar-refractivity contribution is 5.20. The van der Waals surface area contributed by atoms with E-state index in [0.29, 0.717) is 12.0 Å². The van der Waals surface area contributed by atoms with E-state index in [2.05, 4.69) is 49.5 Å². The average molecular weight is 271 g/mol. The molecule has 20 heavy (non-hydrogen) atoms. The minimum atomic E-state index is 0.584. The number of benzene rings is 1. The third-order valence-corrected chi connectivity index (χ3v) is 5.52. The second-order valence-corrected chi connectivity index (χ2v) is 7.34. The van der Waals surface area contributed by atoms with Crippen molar-refractivity contribution in [1.29, 1.82) is 0 Å². The van der Waals surface area contributed by atoms with Crippen molar-refractivity contribution in [3.05, 3.63) is 35.9 Å². The van der Waals surface area contributed by atoms with E-state index in [1.165, 1.54) is 37.7 Å². The Bertz CT molecular complexity index is 411. The minimum Gasteiger partial charge on any atom is -0.314 e. The maximum atomic E-state index is 3.66. The molecule has 0 aromatic heterocycles. The first kappa shape index (κ1) is 14.1. The van der Waals surface area contributed by atoms with E-state index in [1.54, 1.807) is 0 Å². The fraction of sp³-hybridized carbons (Fsp3) is 0.684. The van der Waals surface area contributed by atoms with Crippen molar-refractivity contribution >= 4 is 0 Å². The Balaban J connectivity index is 1.66. The molecule has 3 rings (SSSR count). The van der Waals surface area contributed by atoms with E-state index in [-0.39, 0.29) is 0 Å². The van der Waals surface area contributed by atoms with Gasteiger partial charge in [-0.3, -0.25) is 0 Å². The first-order valence-corrected chi connectivity index (χ1v) is 8.50. The lowest BCUT2D eigenvalue weighted by molar-refractivity contribution is 0.289. The van der Waals surface area contributed by atoms with Crippen molar-refractivity contribution in [3.8, 4) is 0 Å². The van der Waals surface area contributed by atoms with Gasteiger partial charge in [0.25, 0.3) is 0 Å². The third kappa shape index (κ3) is 3.25. The zero-order valence-corrected chi connectivity index (χ0v) is 13.0. The molecule has 0 aliphatic heterocycles. The fourth-order valence-electron chi connectivity index (χ4n) is 4.47.